The van der Waals surface area contributed by atoms with Crippen LogP contribution in [0.1, 0.15) is 6.92 Å². The van der Waals surface area contributed by atoms with E-state index in [1.54, 1.807) is 0 Å². The zero-order valence-corrected chi connectivity index (χ0v) is 7.96. The summed E-state index contributed by atoms with van der Waals surface area (Å²) in [5.74, 6) is -0.395. The molecule has 2 N–H and O–H groups in total. The van der Waals surface area contributed by atoms with Gasteiger partial charge in [-0.15, -0.1) is 0 Å². The lowest BCUT2D eigenvalue weighted by Crippen LogP contribution is -2.50. The average molecular weight is 190 g/mol. The second kappa shape index (κ2) is 4.11. The molecule has 0 aromatic rings. The fourth-order valence-electron chi connectivity index (χ4n) is 1.18. The Kier molecular flexibility index (Phi) is 3.37. The molecule has 0 aliphatic carbocycles. The van der Waals surface area contributed by atoms with Gasteiger partial charge in [0, 0.05) is 13.1 Å². The Morgan fingerprint density at radius 1 is 1.83 bits per heavy atom. The van der Waals surface area contributed by atoms with E-state index in [1.807, 2.05) is 6.92 Å². The highest BCUT2D eigenvalue weighted by molar-refractivity contribution is 7.80. The third-order valence-corrected chi connectivity index (χ3v) is 2.27. The molecule has 4 nitrogen and oxygen atoms in total. The van der Waals surface area contributed by atoms with Crippen LogP contribution in [-0.2, 0) is 9.53 Å². The van der Waals surface area contributed by atoms with E-state index in [-0.39, 0.29) is 5.37 Å². The van der Waals surface area contributed by atoms with Gasteiger partial charge in [0.15, 0.2) is 0 Å². The minimum Gasteiger partial charge on any atom is -0.367 e. The number of carbonyl (C=O) groups excluding carboxylic acids is 1. The van der Waals surface area contributed by atoms with E-state index in [4.69, 9.17) is 10.5 Å². The van der Waals surface area contributed by atoms with Gasteiger partial charge in [-0.05, 0) is 6.92 Å². The standard InChI is InChI=1S/C7H14N2O2S/c1-5(12)9-2-3-11-6(4-9)7(8)10/h5-6,12H,2-4H2,1H3,(H2,8,10). The monoisotopic (exact) mass is 190 g/mol. The van der Waals surface area contributed by atoms with Crippen molar-refractivity contribution < 1.29 is 9.53 Å². The van der Waals surface area contributed by atoms with Crippen LogP contribution in [0.4, 0.5) is 0 Å². The molecule has 1 aliphatic rings. The van der Waals surface area contributed by atoms with Gasteiger partial charge >= 0.3 is 0 Å². The summed E-state index contributed by atoms with van der Waals surface area (Å²) < 4.78 is 5.17. The van der Waals surface area contributed by atoms with Crippen molar-refractivity contribution in [2.24, 2.45) is 5.73 Å². The van der Waals surface area contributed by atoms with E-state index in [9.17, 15) is 4.79 Å². The van der Waals surface area contributed by atoms with Crippen LogP contribution in [0.25, 0.3) is 0 Å². The fourth-order valence-corrected chi connectivity index (χ4v) is 1.39. The molecule has 12 heavy (non-hydrogen) atoms. The molecule has 1 saturated heterocycles. The molecule has 1 fully saturated rings. The van der Waals surface area contributed by atoms with Crippen molar-refractivity contribution in [3.8, 4) is 0 Å². The smallest absolute Gasteiger partial charge is 0.247 e. The van der Waals surface area contributed by atoms with Crippen molar-refractivity contribution in [3.05, 3.63) is 0 Å². The van der Waals surface area contributed by atoms with E-state index < -0.39 is 12.0 Å². The quantitative estimate of drug-likeness (QED) is 0.574. The molecule has 70 valence electrons. The average Bonchev–Trinajstić information content (AvgIpc) is 2.04. The zero-order chi connectivity index (χ0) is 9.14. The third-order valence-electron chi connectivity index (χ3n) is 1.94. The van der Waals surface area contributed by atoms with Crippen LogP contribution in [0.2, 0.25) is 0 Å². The molecule has 1 amide bonds. The zero-order valence-electron chi connectivity index (χ0n) is 7.06. The number of primary amides is 1. The molecule has 2 unspecified atom stereocenters. The van der Waals surface area contributed by atoms with Crippen LogP contribution < -0.4 is 5.73 Å². The number of amides is 1. The van der Waals surface area contributed by atoms with Gasteiger partial charge in [0.05, 0.1) is 12.0 Å². The first-order valence-electron chi connectivity index (χ1n) is 3.94. The molecule has 2 atom stereocenters. The van der Waals surface area contributed by atoms with E-state index in [0.717, 1.165) is 6.54 Å². The van der Waals surface area contributed by atoms with Crippen LogP contribution in [0.5, 0.6) is 0 Å². The van der Waals surface area contributed by atoms with Crippen molar-refractivity contribution in [3.63, 3.8) is 0 Å². The van der Waals surface area contributed by atoms with Gasteiger partial charge in [-0.2, -0.15) is 12.6 Å². The van der Waals surface area contributed by atoms with Crippen LogP contribution in [0.3, 0.4) is 0 Å². The summed E-state index contributed by atoms with van der Waals surface area (Å²) in [7, 11) is 0. The summed E-state index contributed by atoms with van der Waals surface area (Å²) in [5, 5.41) is 0.149. The summed E-state index contributed by atoms with van der Waals surface area (Å²) in [6.07, 6.45) is -0.464. The molecule has 0 bridgehead atoms. The second-order valence-electron chi connectivity index (χ2n) is 2.89. The predicted molar refractivity (Wildman–Crippen MR) is 49.0 cm³/mol. The minimum absolute atomic E-state index is 0.149. The molecule has 5 heteroatoms. The van der Waals surface area contributed by atoms with Crippen molar-refractivity contribution in [1.29, 1.82) is 0 Å². The Hall–Kier alpha value is -0.260. The Labute approximate surface area is 77.5 Å². The van der Waals surface area contributed by atoms with Gasteiger partial charge < -0.3 is 10.5 Å². The normalized spacial score (nSPS) is 28.3. The number of morpholine rings is 1. The molecule has 0 aromatic carbocycles. The first-order valence-corrected chi connectivity index (χ1v) is 4.46. The van der Waals surface area contributed by atoms with Crippen LogP contribution in [0.15, 0.2) is 0 Å². The molecule has 0 aromatic heterocycles. The lowest BCUT2D eigenvalue weighted by molar-refractivity contribution is -0.135. The molecule has 1 heterocycles. The number of nitrogens with zero attached hydrogens (tertiary/aromatic N) is 1. The third kappa shape index (κ3) is 2.36. The number of rotatable bonds is 2. The molecular weight excluding hydrogens is 176 g/mol. The number of carbonyl (C=O) groups is 1. The van der Waals surface area contributed by atoms with E-state index in [0.29, 0.717) is 13.2 Å². The van der Waals surface area contributed by atoms with Crippen molar-refractivity contribution in [2.75, 3.05) is 19.7 Å². The first-order chi connectivity index (χ1) is 5.61. The molecule has 0 radical (unpaired) electrons. The van der Waals surface area contributed by atoms with Crippen molar-refractivity contribution >= 4 is 18.5 Å². The van der Waals surface area contributed by atoms with Gasteiger partial charge in [-0.3, -0.25) is 9.69 Å². The molecule has 1 aliphatic heterocycles. The minimum atomic E-state index is -0.464. The molecule has 0 spiro atoms. The Balaban J connectivity index is 2.46. The Morgan fingerprint density at radius 2 is 2.50 bits per heavy atom. The Morgan fingerprint density at radius 3 is 3.00 bits per heavy atom. The summed E-state index contributed by atoms with van der Waals surface area (Å²) in [6.45, 7) is 3.89. The number of nitrogens with two attached hydrogens (primary N) is 1. The van der Waals surface area contributed by atoms with E-state index in [2.05, 4.69) is 17.5 Å². The molecule has 1 rings (SSSR count). The maximum absolute atomic E-state index is 10.8. The highest BCUT2D eigenvalue weighted by Crippen LogP contribution is 2.10. The van der Waals surface area contributed by atoms with Gasteiger partial charge in [-0.1, -0.05) is 0 Å². The highest BCUT2D eigenvalue weighted by Gasteiger charge is 2.25. The number of ether oxygens (including phenoxy) is 1. The first kappa shape index (κ1) is 9.83. The van der Waals surface area contributed by atoms with Gasteiger partial charge in [-0.25, -0.2) is 0 Å². The largest absolute Gasteiger partial charge is 0.367 e. The lowest BCUT2D eigenvalue weighted by Gasteiger charge is -2.33. The summed E-state index contributed by atoms with van der Waals surface area (Å²) >= 11 is 4.27. The lowest BCUT2D eigenvalue weighted by atomic mass is 10.2. The second-order valence-corrected chi connectivity index (χ2v) is 3.64. The van der Waals surface area contributed by atoms with Gasteiger partial charge in [0.2, 0.25) is 5.91 Å². The van der Waals surface area contributed by atoms with Crippen LogP contribution in [-0.4, -0.2) is 42.0 Å². The number of hydrogen-bond acceptors (Lipinski definition) is 4. The number of thiol groups is 1. The maximum Gasteiger partial charge on any atom is 0.247 e. The highest BCUT2D eigenvalue weighted by atomic mass is 32.1. The Bertz CT molecular complexity index is 175. The summed E-state index contributed by atoms with van der Waals surface area (Å²) in [5.41, 5.74) is 5.11. The van der Waals surface area contributed by atoms with Gasteiger partial charge in [0.1, 0.15) is 6.10 Å². The van der Waals surface area contributed by atoms with Crippen LogP contribution in [0, 0.1) is 0 Å². The maximum atomic E-state index is 10.8. The van der Waals surface area contributed by atoms with Crippen LogP contribution >= 0.6 is 12.6 Å². The van der Waals surface area contributed by atoms with E-state index >= 15 is 0 Å². The van der Waals surface area contributed by atoms with Gasteiger partial charge in [0.25, 0.3) is 0 Å². The predicted octanol–water partition coefficient (Wildman–Crippen LogP) is -0.552. The van der Waals surface area contributed by atoms with E-state index in [1.165, 1.54) is 0 Å². The molecule has 0 saturated carbocycles. The van der Waals surface area contributed by atoms with Crippen molar-refractivity contribution in [2.45, 2.75) is 18.4 Å². The topological polar surface area (TPSA) is 55.6 Å². The molecular formula is C7H14N2O2S. The van der Waals surface area contributed by atoms with Crippen molar-refractivity contribution in [1.82, 2.24) is 4.90 Å². The number of hydrogen-bond donors (Lipinski definition) is 2. The summed E-state index contributed by atoms with van der Waals surface area (Å²) in [6, 6.07) is 0. The fraction of sp³-hybridized carbons (Fsp3) is 0.857. The SMILES string of the molecule is CC(S)N1CCOC(C(N)=O)C1. The summed E-state index contributed by atoms with van der Waals surface area (Å²) in [4.78, 5) is 12.8.